The van der Waals surface area contributed by atoms with E-state index in [4.69, 9.17) is 0 Å². The van der Waals surface area contributed by atoms with Crippen molar-refractivity contribution in [3.05, 3.63) is 105 Å². The van der Waals surface area contributed by atoms with Crippen LogP contribution >= 0.6 is 11.8 Å². The highest BCUT2D eigenvalue weighted by Gasteiger charge is 2.30. The molecule has 0 bridgehead atoms. The summed E-state index contributed by atoms with van der Waals surface area (Å²) in [6.45, 7) is 0. The van der Waals surface area contributed by atoms with Crippen molar-refractivity contribution >= 4 is 23.1 Å². The molecule has 0 aliphatic heterocycles. The van der Waals surface area contributed by atoms with E-state index in [0.717, 1.165) is 11.8 Å². The van der Waals surface area contributed by atoms with Gasteiger partial charge in [-0.25, -0.2) is 0 Å². The summed E-state index contributed by atoms with van der Waals surface area (Å²) in [6.07, 6.45) is 0. The molecule has 4 rings (SSSR count). The monoisotopic (exact) mass is 460 g/mol. The van der Waals surface area contributed by atoms with Crippen LogP contribution in [-0.4, -0.2) is 20.1 Å². The normalized spacial score (nSPS) is 10.7. The Bertz CT molecular complexity index is 1260. The molecule has 0 heterocycles. The third-order valence-corrected chi connectivity index (χ3v) is 6.05. The zero-order chi connectivity index (χ0) is 23.5. The number of nitro groups is 2. The minimum atomic E-state index is -0.616. The van der Waals surface area contributed by atoms with E-state index in [2.05, 4.69) is 0 Å². The Morgan fingerprint density at radius 1 is 0.576 bits per heavy atom. The number of benzene rings is 4. The van der Waals surface area contributed by atoms with Crippen LogP contribution in [0.25, 0.3) is 22.3 Å². The van der Waals surface area contributed by atoms with Crippen LogP contribution in [0.15, 0.2) is 94.7 Å². The predicted molar refractivity (Wildman–Crippen MR) is 125 cm³/mol. The van der Waals surface area contributed by atoms with E-state index in [1.165, 1.54) is 24.3 Å². The Morgan fingerprint density at radius 3 is 1.27 bits per heavy atom. The highest BCUT2D eigenvalue weighted by Crippen LogP contribution is 2.50. The Kier molecular flexibility index (Phi) is 5.97. The van der Waals surface area contributed by atoms with Crippen molar-refractivity contribution in [2.45, 2.75) is 9.79 Å². The average molecular weight is 460 g/mol. The Labute approximate surface area is 192 Å². The fourth-order valence-electron chi connectivity index (χ4n) is 3.55. The number of aromatic hydroxyl groups is 2. The second-order valence-corrected chi connectivity index (χ2v) is 8.04. The van der Waals surface area contributed by atoms with Crippen molar-refractivity contribution in [3.8, 4) is 33.8 Å². The van der Waals surface area contributed by atoms with E-state index in [1.54, 1.807) is 60.7 Å². The number of nitro benzene ring substituents is 2. The highest BCUT2D eigenvalue weighted by molar-refractivity contribution is 7.99. The van der Waals surface area contributed by atoms with E-state index in [1.807, 2.05) is 0 Å². The topological polar surface area (TPSA) is 127 Å². The first-order valence-corrected chi connectivity index (χ1v) is 10.5. The lowest BCUT2D eigenvalue weighted by molar-refractivity contribution is -0.387. The number of rotatable bonds is 6. The predicted octanol–water partition coefficient (Wildman–Crippen LogP) is 6.40. The lowest BCUT2D eigenvalue weighted by Crippen LogP contribution is -1.98. The molecule has 2 N–H and O–H groups in total. The third-order valence-electron chi connectivity index (χ3n) is 4.95. The first-order valence-electron chi connectivity index (χ1n) is 9.68. The number of phenols is 2. The van der Waals surface area contributed by atoms with Crippen molar-refractivity contribution in [3.63, 3.8) is 0 Å². The Morgan fingerprint density at radius 2 is 0.939 bits per heavy atom. The van der Waals surface area contributed by atoms with Gasteiger partial charge in [-0.2, -0.15) is 0 Å². The third kappa shape index (κ3) is 4.21. The zero-order valence-electron chi connectivity index (χ0n) is 16.9. The fourth-order valence-corrected chi connectivity index (χ4v) is 4.60. The molecule has 0 saturated carbocycles. The van der Waals surface area contributed by atoms with Gasteiger partial charge in [0.2, 0.25) is 0 Å². The molecule has 0 fully saturated rings. The van der Waals surface area contributed by atoms with Gasteiger partial charge in [-0.15, -0.1) is 0 Å². The number of phenolic OH excluding ortho intramolecular Hbond substituents is 2. The maximum atomic E-state index is 12.0. The number of hydrogen-bond donors (Lipinski definition) is 2. The molecule has 0 radical (unpaired) electrons. The molecule has 0 aliphatic rings. The maximum Gasteiger partial charge on any atom is 0.294 e. The first-order chi connectivity index (χ1) is 15.9. The molecule has 8 nitrogen and oxygen atoms in total. The summed E-state index contributed by atoms with van der Waals surface area (Å²) in [5.41, 5.74) is 0.193. The summed E-state index contributed by atoms with van der Waals surface area (Å²) in [7, 11) is 0. The average Bonchev–Trinajstić information content (AvgIpc) is 2.81. The van der Waals surface area contributed by atoms with Gasteiger partial charge in [0.25, 0.3) is 11.4 Å². The summed E-state index contributed by atoms with van der Waals surface area (Å²) in [4.78, 5) is 23.1. The largest absolute Gasteiger partial charge is 0.507 e. The molecule has 4 aromatic carbocycles. The summed E-state index contributed by atoms with van der Waals surface area (Å²) in [6, 6.07) is 22.1. The van der Waals surface area contributed by atoms with Gasteiger partial charge in [-0.3, -0.25) is 20.2 Å². The van der Waals surface area contributed by atoms with Gasteiger partial charge in [0.15, 0.2) is 0 Å². The molecule has 33 heavy (non-hydrogen) atoms. The van der Waals surface area contributed by atoms with Crippen molar-refractivity contribution in [1.82, 2.24) is 0 Å². The Hall–Kier alpha value is -4.37. The van der Waals surface area contributed by atoms with E-state index in [9.17, 15) is 30.4 Å². The van der Waals surface area contributed by atoms with Gasteiger partial charge < -0.3 is 10.2 Å². The van der Waals surface area contributed by atoms with Gasteiger partial charge in [-0.1, -0.05) is 72.4 Å². The summed E-state index contributed by atoms with van der Waals surface area (Å²) < 4.78 is 0. The molecule has 0 saturated heterocycles. The first kappa shape index (κ1) is 21.8. The van der Waals surface area contributed by atoms with Gasteiger partial charge in [0.05, 0.1) is 19.6 Å². The van der Waals surface area contributed by atoms with Crippen LogP contribution in [0.4, 0.5) is 11.4 Å². The second-order valence-electron chi connectivity index (χ2n) is 6.96. The van der Waals surface area contributed by atoms with Crippen LogP contribution in [0.5, 0.6) is 11.5 Å². The van der Waals surface area contributed by atoms with Crippen LogP contribution in [-0.2, 0) is 0 Å². The van der Waals surface area contributed by atoms with Gasteiger partial charge in [0.1, 0.15) is 22.6 Å². The molecule has 9 heteroatoms. The smallest absolute Gasteiger partial charge is 0.294 e. The molecule has 0 unspecified atom stereocenters. The van der Waals surface area contributed by atoms with E-state index < -0.39 is 9.85 Å². The molecule has 0 aromatic heterocycles. The molecule has 0 spiro atoms. The second kappa shape index (κ2) is 9.01. The van der Waals surface area contributed by atoms with Gasteiger partial charge in [-0.05, 0) is 35.4 Å². The van der Waals surface area contributed by atoms with E-state index >= 15 is 0 Å². The molecule has 4 aromatic rings. The van der Waals surface area contributed by atoms with Crippen molar-refractivity contribution in [2.24, 2.45) is 0 Å². The van der Waals surface area contributed by atoms with Crippen molar-refractivity contribution in [2.75, 3.05) is 0 Å². The van der Waals surface area contributed by atoms with E-state index in [0.29, 0.717) is 11.1 Å². The quantitative estimate of drug-likeness (QED) is 0.252. The minimum absolute atomic E-state index is 0.0234. The summed E-state index contributed by atoms with van der Waals surface area (Å²) in [5, 5.41) is 44.9. The number of nitrogens with zero attached hydrogens (tertiary/aromatic N) is 2. The Balaban J connectivity index is 1.92. The van der Waals surface area contributed by atoms with Crippen LogP contribution in [0.1, 0.15) is 0 Å². The van der Waals surface area contributed by atoms with Crippen molar-refractivity contribution in [1.29, 1.82) is 0 Å². The maximum absolute atomic E-state index is 12.0. The molecule has 0 aliphatic carbocycles. The molecule has 0 amide bonds. The van der Waals surface area contributed by atoms with E-state index in [-0.39, 0.29) is 43.8 Å². The van der Waals surface area contributed by atoms with Gasteiger partial charge >= 0.3 is 0 Å². The minimum Gasteiger partial charge on any atom is -0.507 e. The van der Waals surface area contributed by atoms with Gasteiger partial charge in [0, 0.05) is 0 Å². The highest BCUT2D eigenvalue weighted by atomic mass is 32.2. The fraction of sp³-hybridized carbons (Fsp3) is 0. The lowest BCUT2D eigenvalue weighted by atomic mass is 10.0. The van der Waals surface area contributed by atoms with Crippen LogP contribution in [0, 0.1) is 20.2 Å². The molecular weight excluding hydrogens is 444 g/mol. The van der Waals surface area contributed by atoms with Crippen LogP contribution in [0.2, 0.25) is 0 Å². The van der Waals surface area contributed by atoms with Crippen LogP contribution < -0.4 is 0 Å². The molecular formula is C24H16N2O6S. The summed E-state index contributed by atoms with van der Waals surface area (Å²) >= 11 is 0.827. The number of hydrogen-bond acceptors (Lipinski definition) is 7. The molecule has 0 atom stereocenters. The SMILES string of the molecule is O=[N+]([O-])c1c(Sc2ccc(O)c(-c3ccccc3)c2[N+](=O)[O-])ccc(O)c1-c1ccccc1. The lowest BCUT2D eigenvalue weighted by Gasteiger charge is -2.12. The molecule has 164 valence electrons. The van der Waals surface area contributed by atoms with Crippen molar-refractivity contribution < 1.29 is 20.1 Å². The standard InChI is InChI=1S/C24H16N2O6S/c27-17-11-13-19(23(25(29)30)21(17)15-7-3-1-4-8-15)33-20-14-12-18(28)22(24(20)26(31)32)16-9-5-2-6-10-16/h1-14,27-28H. The summed E-state index contributed by atoms with van der Waals surface area (Å²) in [5.74, 6) is -0.551. The van der Waals surface area contributed by atoms with Crippen LogP contribution in [0.3, 0.4) is 0 Å². The zero-order valence-corrected chi connectivity index (χ0v) is 17.7.